The Morgan fingerprint density at radius 2 is 2.15 bits per heavy atom. The van der Waals surface area contributed by atoms with Crippen LogP contribution in [0.5, 0.6) is 0 Å². The second-order valence-electron chi connectivity index (χ2n) is 6.01. The monoisotopic (exact) mass is 359 g/mol. The predicted molar refractivity (Wildman–Crippen MR) is 94.0 cm³/mol. The van der Waals surface area contributed by atoms with Gasteiger partial charge in [-0.1, -0.05) is 0 Å². The Labute approximate surface area is 149 Å². The van der Waals surface area contributed by atoms with Gasteiger partial charge in [0.2, 0.25) is 5.71 Å². The van der Waals surface area contributed by atoms with E-state index < -0.39 is 0 Å². The maximum Gasteiger partial charge on any atom is 0.265 e. The van der Waals surface area contributed by atoms with Crippen LogP contribution in [0.15, 0.2) is 21.7 Å². The zero-order valence-electron chi connectivity index (χ0n) is 15.2. The van der Waals surface area contributed by atoms with Gasteiger partial charge in [0.25, 0.3) is 11.5 Å². The van der Waals surface area contributed by atoms with E-state index in [2.05, 4.69) is 15.4 Å². The highest BCUT2D eigenvalue weighted by Crippen LogP contribution is 2.21. The van der Waals surface area contributed by atoms with Crippen molar-refractivity contribution in [1.82, 2.24) is 24.6 Å². The summed E-state index contributed by atoms with van der Waals surface area (Å²) < 4.78 is 13.6. The first-order chi connectivity index (χ1) is 12.4. The molecule has 0 aliphatic heterocycles. The highest BCUT2D eigenvalue weighted by atomic mass is 16.5. The fourth-order valence-corrected chi connectivity index (χ4v) is 2.74. The van der Waals surface area contributed by atoms with Gasteiger partial charge < -0.3 is 14.5 Å². The average Bonchev–Trinajstić information content (AvgIpc) is 3.12. The summed E-state index contributed by atoms with van der Waals surface area (Å²) in [6, 6.07) is 0. The molecule has 1 amide bonds. The third kappa shape index (κ3) is 3.13. The van der Waals surface area contributed by atoms with E-state index in [-0.39, 0.29) is 28.1 Å². The fraction of sp³-hybridized carbons (Fsp3) is 0.412. The van der Waals surface area contributed by atoms with Crippen LogP contribution < -0.4 is 10.9 Å². The van der Waals surface area contributed by atoms with Crippen molar-refractivity contribution >= 4 is 17.0 Å². The van der Waals surface area contributed by atoms with E-state index in [0.717, 1.165) is 11.3 Å². The molecule has 3 rings (SSSR count). The molecule has 0 fully saturated rings. The second kappa shape index (κ2) is 7.12. The molecule has 3 aromatic heterocycles. The minimum Gasteiger partial charge on any atom is -0.442 e. The SMILES string of the molecule is COCCn1cnc2oc(C)c(C(=O)NCc3cnn(C)c3C)c2c1=O. The van der Waals surface area contributed by atoms with Crippen LogP contribution >= 0.6 is 0 Å². The zero-order valence-corrected chi connectivity index (χ0v) is 15.2. The fourth-order valence-electron chi connectivity index (χ4n) is 2.74. The topological polar surface area (TPSA) is 104 Å². The van der Waals surface area contributed by atoms with Crippen molar-refractivity contribution in [1.29, 1.82) is 0 Å². The van der Waals surface area contributed by atoms with Crippen LogP contribution in [-0.2, 0) is 24.9 Å². The molecular formula is C17H21N5O4. The average molecular weight is 359 g/mol. The molecule has 0 spiro atoms. The molecule has 9 nitrogen and oxygen atoms in total. The number of aryl methyl sites for hydroxylation is 2. The molecule has 26 heavy (non-hydrogen) atoms. The van der Waals surface area contributed by atoms with Crippen LogP contribution in [-0.4, -0.2) is 39.0 Å². The van der Waals surface area contributed by atoms with Gasteiger partial charge in [0.05, 0.1) is 24.9 Å². The summed E-state index contributed by atoms with van der Waals surface area (Å²) in [5.74, 6) is -0.0256. The molecule has 0 atom stereocenters. The lowest BCUT2D eigenvalue weighted by Crippen LogP contribution is -2.27. The summed E-state index contributed by atoms with van der Waals surface area (Å²) >= 11 is 0. The number of methoxy groups -OCH3 is 1. The van der Waals surface area contributed by atoms with Crippen LogP contribution in [0.2, 0.25) is 0 Å². The third-order valence-corrected chi connectivity index (χ3v) is 4.39. The summed E-state index contributed by atoms with van der Waals surface area (Å²) in [6.45, 7) is 4.59. The molecule has 0 bridgehead atoms. The number of nitrogens with zero attached hydrogens (tertiary/aromatic N) is 4. The van der Waals surface area contributed by atoms with Crippen molar-refractivity contribution < 1.29 is 13.9 Å². The molecule has 3 heterocycles. The van der Waals surface area contributed by atoms with Crippen molar-refractivity contribution in [3.05, 3.63) is 45.5 Å². The van der Waals surface area contributed by atoms with E-state index in [9.17, 15) is 9.59 Å². The minimum absolute atomic E-state index is 0.156. The molecule has 0 aromatic carbocycles. The third-order valence-electron chi connectivity index (χ3n) is 4.39. The quantitative estimate of drug-likeness (QED) is 0.702. The second-order valence-corrected chi connectivity index (χ2v) is 6.01. The van der Waals surface area contributed by atoms with E-state index >= 15 is 0 Å². The molecule has 1 N–H and O–H groups in total. The number of amides is 1. The van der Waals surface area contributed by atoms with Crippen molar-refractivity contribution in [2.75, 3.05) is 13.7 Å². The normalized spacial score (nSPS) is 11.2. The Balaban J connectivity index is 1.93. The molecule has 0 aliphatic carbocycles. The summed E-state index contributed by atoms with van der Waals surface area (Å²) in [4.78, 5) is 29.6. The van der Waals surface area contributed by atoms with Crippen molar-refractivity contribution in [2.24, 2.45) is 7.05 Å². The molecule has 0 unspecified atom stereocenters. The molecule has 0 aliphatic rings. The van der Waals surface area contributed by atoms with E-state index in [1.54, 1.807) is 24.9 Å². The predicted octanol–water partition coefficient (Wildman–Crippen LogP) is 0.916. The van der Waals surface area contributed by atoms with Gasteiger partial charge in [-0.3, -0.25) is 18.8 Å². The Bertz CT molecular complexity index is 1010. The van der Waals surface area contributed by atoms with Crippen LogP contribution in [0.4, 0.5) is 0 Å². The number of carbonyl (C=O) groups excluding carboxylic acids is 1. The molecule has 3 aromatic rings. The zero-order chi connectivity index (χ0) is 18.8. The molecule has 0 saturated carbocycles. The highest BCUT2D eigenvalue weighted by Gasteiger charge is 2.23. The largest absolute Gasteiger partial charge is 0.442 e. The van der Waals surface area contributed by atoms with E-state index in [0.29, 0.717) is 25.5 Å². The van der Waals surface area contributed by atoms with E-state index in [1.807, 2.05) is 14.0 Å². The molecule has 0 saturated heterocycles. The van der Waals surface area contributed by atoms with Crippen molar-refractivity contribution in [2.45, 2.75) is 26.9 Å². The number of carbonyl (C=O) groups is 1. The number of ether oxygens (including phenoxy) is 1. The van der Waals surface area contributed by atoms with Crippen LogP contribution in [0.25, 0.3) is 11.1 Å². The van der Waals surface area contributed by atoms with Gasteiger partial charge in [0.1, 0.15) is 17.5 Å². The highest BCUT2D eigenvalue weighted by molar-refractivity contribution is 6.06. The van der Waals surface area contributed by atoms with Gasteiger partial charge in [-0.15, -0.1) is 0 Å². The summed E-state index contributed by atoms with van der Waals surface area (Å²) in [7, 11) is 3.39. The van der Waals surface area contributed by atoms with E-state index in [4.69, 9.17) is 9.15 Å². The number of furan rings is 1. The number of hydrogen-bond acceptors (Lipinski definition) is 6. The van der Waals surface area contributed by atoms with Crippen molar-refractivity contribution in [3.63, 3.8) is 0 Å². The lowest BCUT2D eigenvalue weighted by molar-refractivity contribution is 0.0950. The van der Waals surface area contributed by atoms with Gasteiger partial charge in [0, 0.05) is 32.0 Å². The summed E-state index contributed by atoms with van der Waals surface area (Å²) in [5.41, 5.74) is 1.91. The maximum absolute atomic E-state index is 12.7. The number of nitrogens with one attached hydrogen (secondary N) is 1. The number of aromatic nitrogens is 4. The molecule has 0 radical (unpaired) electrons. The van der Waals surface area contributed by atoms with Gasteiger partial charge in [-0.05, 0) is 13.8 Å². The lowest BCUT2D eigenvalue weighted by atomic mass is 10.1. The van der Waals surface area contributed by atoms with Crippen molar-refractivity contribution in [3.8, 4) is 0 Å². The number of rotatable bonds is 6. The first-order valence-electron chi connectivity index (χ1n) is 8.17. The Hall–Kier alpha value is -2.94. The summed E-state index contributed by atoms with van der Waals surface area (Å²) in [5, 5.41) is 7.16. The first kappa shape index (κ1) is 17.9. The Kier molecular flexibility index (Phi) is 4.90. The van der Waals surface area contributed by atoms with Gasteiger partial charge in [-0.25, -0.2) is 4.98 Å². The van der Waals surface area contributed by atoms with Crippen LogP contribution in [0, 0.1) is 13.8 Å². The Morgan fingerprint density at radius 3 is 2.81 bits per heavy atom. The minimum atomic E-state index is -0.382. The smallest absolute Gasteiger partial charge is 0.265 e. The van der Waals surface area contributed by atoms with E-state index in [1.165, 1.54) is 10.9 Å². The Morgan fingerprint density at radius 1 is 1.38 bits per heavy atom. The van der Waals surface area contributed by atoms with Crippen LogP contribution in [0.1, 0.15) is 27.4 Å². The molecule has 138 valence electrons. The lowest BCUT2D eigenvalue weighted by Gasteiger charge is -2.06. The van der Waals surface area contributed by atoms with Gasteiger partial charge in [0.15, 0.2) is 0 Å². The van der Waals surface area contributed by atoms with Gasteiger partial charge in [-0.2, -0.15) is 5.10 Å². The van der Waals surface area contributed by atoms with Gasteiger partial charge >= 0.3 is 0 Å². The maximum atomic E-state index is 12.7. The molecule has 9 heteroatoms. The first-order valence-corrected chi connectivity index (χ1v) is 8.17. The number of hydrogen-bond donors (Lipinski definition) is 1. The van der Waals surface area contributed by atoms with Crippen LogP contribution in [0.3, 0.4) is 0 Å². The number of fused-ring (bicyclic) bond motifs is 1. The summed E-state index contributed by atoms with van der Waals surface area (Å²) in [6.07, 6.45) is 3.10. The standard InChI is InChI=1S/C17H21N5O4/c1-10-12(8-20-21(10)3)7-18-15(23)13-11(2)26-16-14(13)17(24)22(9-19-16)5-6-25-4/h8-9H,5-7H2,1-4H3,(H,18,23). The molecular weight excluding hydrogens is 338 g/mol.